The maximum absolute atomic E-state index is 11.6. The predicted molar refractivity (Wildman–Crippen MR) is 53.3 cm³/mol. The molecule has 1 amide bonds. The van der Waals surface area contributed by atoms with Crippen LogP contribution in [0.15, 0.2) is 0 Å². The average molecular weight is 184 g/mol. The van der Waals surface area contributed by atoms with Gasteiger partial charge in [-0.15, -0.1) is 0 Å². The maximum Gasteiger partial charge on any atom is 0.222 e. The number of carbonyl (C=O) groups is 1. The van der Waals surface area contributed by atoms with Crippen LogP contribution in [0.5, 0.6) is 0 Å². The van der Waals surface area contributed by atoms with E-state index in [1.807, 2.05) is 11.8 Å². The van der Waals surface area contributed by atoms with Crippen molar-refractivity contribution in [2.45, 2.75) is 45.1 Å². The van der Waals surface area contributed by atoms with Crippen LogP contribution in [-0.4, -0.2) is 29.4 Å². The number of hydrogen-bond acceptors (Lipinski definition) is 2. The summed E-state index contributed by atoms with van der Waals surface area (Å²) in [4.78, 5) is 13.6. The molecule has 0 radical (unpaired) electrons. The number of piperidine rings is 1. The van der Waals surface area contributed by atoms with Crippen molar-refractivity contribution in [2.24, 2.45) is 5.73 Å². The van der Waals surface area contributed by atoms with E-state index >= 15 is 0 Å². The second-order valence-corrected chi connectivity index (χ2v) is 4.06. The Morgan fingerprint density at radius 3 is 2.77 bits per heavy atom. The van der Waals surface area contributed by atoms with Gasteiger partial charge in [0.1, 0.15) is 0 Å². The summed E-state index contributed by atoms with van der Waals surface area (Å²) in [5.74, 6) is 0.243. The first-order valence-corrected chi connectivity index (χ1v) is 5.14. The van der Waals surface area contributed by atoms with Crippen LogP contribution in [0.3, 0.4) is 0 Å². The molecular weight excluding hydrogens is 164 g/mol. The maximum atomic E-state index is 11.6. The van der Waals surface area contributed by atoms with Gasteiger partial charge in [0.05, 0.1) is 5.54 Å². The normalized spacial score (nSPS) is 29.0. The van der Waals surface area contributed by atoms with Gasteiger partial charge in [-0.05, 0) is 26.2 Å². The second kappa shape index (κ2) is 4.09. The fraction of sp³-hybridized carbons (Fsp3) is 0.900. The Morgan fingerprint density at radius 2 is 2.23 bits per heavy atom. The van der Waals surface area contributed by atoms with Gasteiger partial charge in [-0.2, -0.15) is 0 Å². The zero-order valence-corrected chi connectivity index (χ0v) is 8.68. The highest BCUT2D eigenvalue weighted by molar-refractivity contribution is 5.76. The third-order valence-corrected chi connectivity index (χ3v) is 3.04. The molecule has 1 unspecified atom stereocenters. The molecule has 13 heavy (non-hydrogen) atoms. The Morgan fingerprint density at radius 1 is 1.54 bits per heavy atom. The summed E-state index contributed by atoms with van der Waals surface area (Å²) in [5, 5.41) is 0. The molecule has 0 bridgehead atoms. The first-order chi connectivity index (χ1) is 6.14. The standard InChI is InChI=1S/C10H20N2O/c1-3-9(13)12-7-5-4-6-10(12,2)8-11/h3-8,11H2,1-2H3. The van der Waals surface area contributed by atoms with E-state index in [4.69, 9.17) is 5.73 Å². The quantitative estimate of drug-likeness (QED) is 0.699. The minimum atomic E-state index is -0.0780. The molecule has 0 aromatic heterocycles. The van der Waals surface area contributed by atoms with Gasteiger partial charge < -0.3 is 10.6 Å². The molecule has 1 atom stereocenters. The zero-order valence-electron chi connectivity index (χ0n) is 8.68. The molecule has 3 nitrogen and oxygen atoms in total. The lowest BCUT2D eigenvalue weighted by Crippen LogP contribution is -2.56. The monoisotopic (exact) mass is 184 g/mol. The van der Waals surface area contributed by atoms with Crippen molar-refractivity contribution in [1.82, 2.24) is 4.90 Å². The van der Waals surface area contributed by atoms with Crippen molar-refractivity contribution in [3.05, 3.63) is 0 Å². The Bertz CT molecular complexity index is 193. The summed E-state index contributed by atoms with van der Waals surface area (Å²) in [6.07, 6.45) is 3.97. The van der Waals surface area contributed by atoms with Gasteiger partial charge in [-0.1, -0.05) is 6.92 Å². The minimum Gasteiger partial charge on any atom is -0.336 e. The van der Waals surface area contributed by atoms with E-state index in [0.717, 1.165) is 19.4 Å². The molecule has 1 saturated heterocycles. The summed E-state index contributed by atoms with van der Waals surface area (Å²) in [6, 6.07) is 0. The Balaban J connectivity index is 2.72. The molecule has 0 spiro atoms. The van der Waals surface area contributed by atoms with Gasteiger partial charge in [-0.3, -0.25) is 4.79 Å². The Kier molecular flexibility index (Phi) is 3.31. The molecule has 1 fully saturated rings. The summed E-state index contributed by atoms with van der Waals surface area (Å²) in [6.45, 7) is 5.48. The highest BCUT2D eigenvalue weighted by Crippen LogP contribution is 2.27. The van der Waals surface area contributed by atoms with E-state index < -0.39 is 0 Å². The third-order valence-electron chi connectivity index (χ3n) is 3.04. The molecule has 0 aromatic rings. The fourth-order valence-electron chi connectivity index (χ4n) is 2.01. The lowest BCUT2D eigenvalue weighted by molar-refractivity contribution is -0.138. The molecular formula is C10H20N2O. The van der Waals surface area contributed by atoms with E-state index in [0.29, 0.717) is 13.0 Å². The first kappa shape index (κ1) is 10.5. The topological polar surface area (TPSA) is 46.3 Å². The van der Waals surface area contributed by atoms with Gasteiger partial charge in [0, 0.05) is 19.5 Å². The number of likely N-dealkylation sites (tertiary alicyclic amines) is 1. The van der Waals surface area contributed by atoms with Crippen LogP contribution < -0.4 is 5.73 Å². The van der Waals surface area contributed by atoms with Crippen molar-refractivity contribution in [2.75, 3.05) is 13.1 Å². The van der Waals surface area contributed by atoms with Crippen LogP contribution >= 0.6 is 0 Å². The number of nitrogens with two attached hydrogens (primary N) is 1. The summed E-state index contributed by atoms with van der Waals surface area (Å²) >= 11 is 0. The first-order valence-electron chi connectivity index (χ1n) is 5.14. The molecule has 3 heteroatoms. The van der Waals surface area contributed by atoms with Crippen LogP contribution in [0.1, 0.15) is 39.5 Å². The number of nitrogens with zero attached hydrogens (tertiary/aromatic N) is 1. The highest BCUT2D eigenvalue weighted by Gasteiger charge is 2.35. The van der Waals surface area contributed by atoms with E-state index in [1.54, 1.807) is 0 Å². The minimum absolute atomic E-state index is 0.0780. The summed E-state index contributed by atoms with van der Waals surface area (Å²) in [5.41, 5.74) is 5.65. The molecule has 1 rings (SSSR count). The smallest absolute Gasteiger partial charge is 0.222 e. The molecule has 1 heterocycles. The average Bonchev–Trinajstić information content (AvgIpc) is 2.17. The Labute approximate surface area is 80.3 Å². The molecule has 76 valence electrons. The van der Waals surface area contributed by atoms with Crippen molar-refractivity contribution >= 4 is 5.91 Å². The van der Waals surface area contributed by atoms with E-state index in [-0.39, 0.29) is 11.4 Å². The van der Waals surface area contributed by atoms with Crippen LogP contribution in [-0.2, 0) is 4.79 Å². The summed E-state index contributed by atoms with van der Waals surface area (Å²) in [7, 11) is 0. The van der Waals surface area contributed by atoms with Crippen molar-refractivity contribution in [3.63, 3.8) is 0 Å². The number of amides is 1. The van der Waals surface area contributed by atoms with Crippen molar-refractivity contribution in [1.29, 1.82) is 0 Å². The van der Waals surface area contributed by atoms with Crippen LogP contribution in [0.25, 0.3) is 0 Å². The predicted octanol–water partition coefficient (Wildman–Crippen LogP) is 1.13. The lowest BCUT2D eigenvalue weighted by Gasteiger charge is -2.44. The molecule has 1 aliphatic rings. The number of carbonyl (C=O) groups excluding carboxylic acids is 1. The van der Waals surface area contributed by atoms with Gasteiger partial charge in [0.15, 0.2) is 0 Å². The molecule has 0 aromatic carbocycles. The van der Waals surface area contributed by atoms with Gasteiger partial charge >= 0.3 is 0 Å². The van der Waals surface area contributed by atoms with Gasteiger partial charge in [-0.25, -0.2) is 0 Å². The van der Waals surface area contributed by atoms with E-state index in [2.05, 4.69) is 6.92 Å². The summed E-state index contributed by atoms with van der Waals surface area (Å²) < 4.78 is 0. The van der Waals surface area contributed by atoms with E-state index in [1.165, 1.54) is 6.42 Å². The van der Waals surface area contributed by atoms with Crippen LogP contribution in [0.2, 0.25) is 0 Å². The lowest BCUT2D eigenvalue weighted by atomic mass is 9.88. The van der Waals surface area contributed by atoms with Gasteiger partial charge in [0.25, 0.3) is 0 Å². The number of rotatable bonds is 2. The second-order valence-electron chi connectivity index (χ2n) is 4.06. The zero-order chi connectivity index (χ0) is 9.90. The van der Waals surface area contributed by atoms with Crippen LogP contribution in [0.4, 0.5) is 0 Å². The SMILES string of the molecule is CCC(=O)N1CCCCC1(C)CN. The molecule has 0 saturated carbocycles. The highest BCUT2D eigenvalue weighted by atomic mass is 16.2. The third kappa shape index (κ3) is 2.02. The van der Waals surface area contributed by atoms with E-state index in [9.17, 15) is 4.79 Å². The molecule has 1 aliphatic heterocycles. The Hall–Kier alpha value is -0.570. The molecule has 2 N–H and O–H groups in total. The van der Waals surface area contributed by atoms with Crippen molar-refractivity contribution < 1.29 is 4.79 Å². The number of hydrogen-bond donors (Lipinski definition) is 1. The fourth-order valence-corrected chi connectivity index (χ4v) is 2.01. The van der Waals surface area contributed by atoms with Crippen molar-refractivity contribution in [3.8, 4) is 0 Å². The molecule has 0 aliphatic carbocycles. The largest absolute Gasteiger partial charge is 0.336 e. The van der Waals surface area contributed by atoms with Gasteiger partial charge in [0.2, 0.25) is 5.91 Å². The van der Waals surface area contributed by atoms with Crippen LogP contribution in [0, 0.1) is 0 Å².